The van der Waals surface area contributed by atoms with Gasteiger partial charge in [0.1, 0.15) is 11.6 Å². The van der Waals surface area contributed by atoms with Gasteiger partial charge in [-0.1, -0.05) is 28.1 Å². The van der Waals surface area contributed by atoms with Crippen LogP contribution in [0.25, 0.3) is 11.0 Å². The lowest BCUT2D eigenvalue weighted by molar-refractivity contribution is -0.123. The molecule has 0 spiro atoms. The number of ether oxygens (including phenoxy) is 1. The van der Waals surface area contributed by atoms with Crippen molar-refractivity contribution >= 4 is 32.9 Å². The van der Waals surface area contributed by atoms with Crippen molar-refractivity contribution < 1.29 is 9.53 Å². The number of carbonyl (C=O) groups is 1. The van der Waals surface area contributed by atoms with E-state index in [0.29, 0.717) is 18.8 Å². The van der Waals surface area contributed by atoms with Crippen LogP contribution in [-0.2, 0) is 11.3 Å². The van der Waals surface area contributed by atoms with Crippen molar-refractivity contribution in [3.8, 4) is 5.75 Å². The molecule has 6 heteroatoms. The normalized spacial score (nSPS) is 10.8. The Kier molecular flexibility index (Phi) is 5.15. The SMILES string of the molecule is Cc1nc2ccccc2n1CCNC(=O)COc1ccc(Br)cc1. The molecule has 24 heavy (non-hydrogen) atoms. The van der Waals surface area contributed by atoms with Crippen molar-refractivity contribution in [3.63, 3.8) is 0 Å². The molecule has 0 aliphatic rings. The summed E-state index contributed by atoms with van der Waals surface area (Å²) in [5.74, 6) is 1.47. The average molecular weight is 388 g/mol. The van der Waals surface area contributed by atoms with Crippen molar-refractivity contribution in [1.29, 1.82) is 0 Å². The molecular weight excluding hydrogens is 370 g/mol. The summed E-state index contributed by atoms with van der Waals surface area (Å²) in [5, 5.41) is 2.87. The molecule has 124 valence electrons. The number of nitrogens with one attached hydrogen (secondary N) is 1. The number of aromatic nitrogens is 2. The number of benzene rings is 2. The number of carbonyl (C=O) groups excluding carboxylic acids is 1. The Morgan fingerprint density at radius 2 is 1.96 bits per heavy atom. The second-order valence-corrected chi connectivity index (χ2v) is 6.31. The average Bonchev–Trinajstić information content (AvgIpc) is 2.90. The third kappa shape index (κ3) is 3.94. The number of rotatable bonds is 6. The van der Waals surface area contributed by atoms with Gasteiger partial charge in [0, 0.05) is 17.6 Å². The number of aryl methyl sites for hydroxylation is 1. The number of hydrogen-bond acceptors (Lipinski definition) is 3. The zero-order chi connectivity index (χ0) is 16.9. The van der Waals surface area contributed by atoms with Crippen LogP contribution in [0.5, 0.6) is 5.75 Å². The van der Waals surface area contributed by atoms with E-state index in [1.807, 2.05) is 55.5 Å². The summed E-state index contributed by atoms with van der Waals surface area (Å²) in [7, 11) is 0. The first-order valence-corrected chi connectivity index (χ1v) is 8.50. The topological polar surface area (TPSA) is 56.2 Å². The Bertz CT molecular complexity index is 843. The highest BCUT2D eigenvalue weighted by atomic mass is 79.9. The Morgan fingerprint density at radius 1 is 1.21 bits per heavy atom. The maximum atomic E-state index is 11.9. The molecule has 0 radical (unpaired) electrons. The number of amides is 1. The van der Waals surface area contributed by atoms with E-state index < -0.39 is 0 Å². The first-order valence-electron chi connectivity index (χ1n) is 7.70. The molecule has 3 aromatic rings. The number of fused-ring (bicyclic) bond motifs is 1. The largest absolute Gasteiger partial charge is 0.484 e. The van der Waals surface area contributed by atoms with Gasteiger partial charge in [0.25, 0.3) is 5.91 Å². The molecule has 0 fully saturated rings. The lowest BCUT2D eigenvalue weighted by Crippen LogP contribution is -2.31. The summed E-state index contributed by atoms with van der Waals surface area (Å²) in [6, 6.07) is 15.4. The summed E-state index contributed by atoms with van der Waals surface area (Å²) in [6.45, 7) is 3.18. The van der Waals surface area contributed by atoms with Gasteiger partial charge in [-0.25, -0.2) is 4.98 Å². The molecule has 1 amide bonds. The summed E-state index contributed by atoms with van der Waals surface area (Å²) in [6.07, 6.45) is 0. The van der Waals surface area contributed by atoms with Gasteiger partial charge in [0.15, 0.2) is 6.61 Å². The van der Waals surface area contributed by atoms with Gasteiger partial charge in [-0.05, 0) is 43.3 Å². The highest BCUT2D eigenvalue weighted by molar-refractivity contribution is 9.10. The van der Waals surface area contributed by atoms with Crippen molar-refractivity contribution in [3.05, 3.63) is 58.8 Å². The fraction of sp³-hybridized carbons (Fsp3) is 0.222. The maximum absolute atomic E-state index is 11.9. The van der Waals surface area contributed by atoms with Crippen molar-refractivity contribution in [2.45, 2.75) is 13.5 Å². The fourth-order valence-corrected chi connectivity index (χ4v) is 2.78. The van der Waals surface area contributed by atoms with Crippen molar-refractivity contribution in [2.75, 3.05) is 13.2 Å². The van der Waals surface area contributed by atoms with Gasteiger partial charge in [0.05, 0.1) is 11.0 Å². The van der Waals surface area contributed by atoms with Gasteiger partial charge >= 0.3 is 0 Å². The molecule has 0 atom stereocenters. The Morgan fingerprint density at radius 3 is 2.75 bits per heavy atom. The first-order chi connectivity index (χ1) is 11.6. The van der Waals surface area contributed by atoms with Gasteiger partial charge < -0.3 is 14.6 Å². The molecule has 0 aliphatic carbocycles. The summed E-state index contributed by atoms with van der Waals surface area (Å²) in [4.78, 5) is 16.4. The number of hydrogen-bond donors (Lipinski definition) is 1. The lowest BCUT2D eigenvalue weighted by Gasteiger charge is -2.09. The zero-order valence-electron chi connectivity index (χ0n) is 13.3. The van der Waals surface area contributed by atoms with Crippen LogP contribution in [0.15, 0.2) is 53.0 Å². The Balaban J connectivity index is 1.49. The monoisotopic (exact) mass is 387 g/mol. The summed E-state index contributed by atoms with van der Waals surface area (Å²) in [5.41, 5.74) is 2.05. The van der Waals surface area contributed by atoms with Crippen LogP contribution in [-0.4, -0.2) is 28.6 Å². The molecule has 0 bridgehead atoms. The molecule has 1 N–H and O–H groups in total. The third-order valence-electron chi connectivity index (χ3n) is 3.69. The highest BCUT2D eigenvalue weighted by Crippen LogP contribution is 2.16. The molecule has 3 rings (SSSR count). The molecule has 0 saturated carbocycles. The van der Waals surface area contributed by atoms with Crippen LogP contribution >= 0.6 is 15.9 Å². The number of imidazole rings is 1. The van der Waals surface area contributed by atoms with E-state index in [0.717, 1.165) is 21.3 Å². The predicted octanol–water partition coefficient (Wildman–Crippen LogP) is 3.30. The van der Waals surface area contributed by atoms with E-state index in [1.54, 1.807) is 0 Å². The minimum absolute atomic E-state index is 0.00525. The van der Waals surface area contributed by atoms with E-state index in [-0.39, 0.29) is 12.5 Å². The van der Waals surface area contributed by atoms with E-state index in [2.05, 4.69) is 30.8 Å². The highest BCUT2D eigenvalue weighted by Gasteiger charge is 2.07. The molecule has 1 heterocycles. The Hall–Kier alpha value is -2.34. The molecular formula is C18H18BrN3O2. The maximum Gasteiger partial charge on any atom is 0.258 e. The van der Waals surface area contributed by atoms with Crippen LogP contribution < -0.4 is 10.1 Å². The molecule has 0 aliphatic heterocycles. The van der Waals surface area contributed by atoms with Crippen LogP contribution in [0.3, 0.4) is 0 Å². The second kappa shape index (κ2) is 7.49. The second-order valence-electron chi connectivity index (χ2n) is 5.39. The predicted molar refractivity (Wildman–Crippen MR) is 97.1 cm³/mol. The van der Waals surface area contributed by atoms with E-state index in [9.17, 15) is 4.79 Å². The van der Waals surface area contributed by atoms with Crippen LogP contribution in [0, 0.1) is 6.92 Å². The van der Waals surface area contributed by atoms with Crippen molar-refractivity contribution in [2.24, 2.45) is 0 Å². The van der Waals surface area contributed by atoms with Gasteiger partial charge in [-0.2, -0.15) is 0 Å². The minimum Gasteiger partial charge on any atom is -0.484 e. The smallest absolute Gasteiger partial charge is 0.258 e. The zero-order valence-corrected chi connectivity index (χ0v) is 14.9. The van der Waals surface area contributed by atoms with E-state index in [1.165, 1.54) is 0 Å². The number of para-hydroxylation sites is 2. The fourth-order valence-electron chi connectivity index (χ4n) is 2.52. The molecule has 0 saturated heterocycles. The van der Waals surface area contributed by atoms with Crippen LogP contribution in [0.1, 0.15) is 5.82 Å². The van der Waals surface area contributed by atoms with E-state index >= 15 is 0 Å². The van der Waals surface area contributed by atoms with Gasteiger partial charge in [-0.3, -0.25) is 4.79 Å². The molecule has 2 aromatic carbocycles. The lowest BCUT2D eigenvalue weighted by atomic mass is 10.3. The summed E-state index contributed by atoms with van der Waals surface area (Å²) < 4.78 is 8.53. The molecule has 5 nitrogen and oxygen atoms in total. The Labute approximate surface area is 148 Å². The molecule has 1 aromatic heterocycles. The van der Waals surface area contributed by atoms with Gasteiger partial charge in [-0.15, -0.1) is 0 Å². The number of nitrogens with zero attached hydrogens (tertiary/aromatic N) is 2. The standard InChI is InChI=1S/C18H18BrN3O2/c1-13-21-16-4-2-3-5-17(16)22(13)11-10-20-18(23)12-24-15-8-6-14(19)7-9-15/h2-9H,10-12H2,1H3,(H,20,23). The first kappa shape index (κ1) is 16.5. The van der Waals surface area contributed by atoms with Crippen molar-refractivity contribution in [1.82, 2.24) is 14.9 Å². The quantitative estimate of drug-likeness (QED) is 0.705. The summed E-state index contributed by atoms with van der Waals surface area (Å²) >= 11 is 3.36. The minimum atomic E-state index is -0.139. The van der Waals surface area contributed by atoms with E-state index in [4.69, 9.17) is 4.74 Å². The van der Waals surface area contributed by atoms with Gasteiger partial charge in [0.2, 0.25) is 0 Å². The van der Waals surface area contributed by atoms with Crippen LogP contribution in [0.2, 0.25) is 0 Å². The number of halogens is 1. The molecule has 0 unspecified atom stereocenters. The third-order valence-corrected chi connectivity index (χ3v) is 4.22. The van der Waals surface area contributed by atoms with Crippen LogP contribution in [0.4, 0.5) is 0 Å².